The van der Waals surface area contributed by atoms with Crippen LogP contribution in [0.15, 0.2) is 66.9 Å². The maximum absolute atomic E-state index is 11.7. The van der Waals surface area contributed by atoms with Gasteiger partial charge in [0.05, 0.1) is 11.3 Å². The van der Waals surface area contributed by atoms with E-state index in [4.69, 9.17) is 16.3 Å². The second kappa shape index (κ2) is 11.5. The van der Waals surface area contributed by atoms with Crippen LogP contribution in [0.4, 0.5) is 0 Å². The molecule has 37 heavy (non-hydrogen) atoms. The van der Waals surface area contributed by atoms with E-state index in [-0.39, 0.29) is 5.56 Å². The van der Waals surface area contributed by atoms with Gasteiger partial charge in [-0.05, 0) is 73.5 Å². The summed E-state index contributed by atoms with van der Waals surface area (Å²) >= 11 is 6.06. The lowest BCUT2D eigenvalue weighted by Crippen LogP contribution is -2.37. The Morgan fingerprint density at radius 3 is 2.84 bits per heavy atom. The molecule has 0 unspecified atom stereocenters. The van der Waals surface area contributed by atoms with Gasteiger partial charge in [0.1, 0.15) is 12.4 Å². The van der Waals surface area contributed by atoms with Gasteiger partial charge < -0.3 is 14.7 Å². The number of carbonyl (C=O) groups is 1. The van der Waals surface area contributed by atoms with Crippen molar-refractivity contribution >= 4 is 23.1 Å². The van der Waals surface area contributed by atoms with Crippen LogP contribution in [0.25, 0.3) is 5.57 Å². The van der Waals surface area contributed by atoms with Crippen molar-refractivity contribution < 1.29 is 14.6 Å². The van der Waals surface area contributed by atoms with Crippen molar-refractivity contribution in [1.82, 2.24) is 14.8 Å². The van der Waals surface area contributed by atoms with Crippen LogP contribution in [-0.2, 0) is 13.2 Å². The van der Waals surface area contributed by atoms with E-state index in [1.807, 2.05) is 24.3 Å². The average Bonchev–Trinajstić information content (AvgIpc) is 3.32. The van der Waals surface area contributed by atoms with Crippen molar-refractivity contribution in [2.45, 2.75) is 39.0 Å². The number of fused-ring (bicyclic) bond motifs is 2. The summed E-state index contributed by atoms with van der Waals surface area (Å²) in [7, 11) is 0. The van der Waals surface area contributed by atoms with Crippen molar-refractivity contribution in [2.24, 2.45) is 0 Å². The van der Waals surface area contributed by atoms with Crippen LogP contribution in [0, 0.1) is 0 Å². The molecule has 2 aliphatic heterocycles. The topological polar surface area (TPSA) is 65.9 Å². The van der Waals surface area contributed by atoms with E-state index in [0.29, 0.717) is 18.4 Å². The Balaban J connectivity index is 1.29. The van der Waals surface area contributed by atoms with Gasteiger partial charge >= 0.3 is 5.97 Å². The van der Waals surface area contributed by atoms with Gasteiger partial charge in [-0.25, -0.2) is 4.79 Å². The molecule has 0 aliphatic carbocycles. The van der Waals surface area contributed by atoms with E-state index in [0.717, 1.165) is 73.0 Å². The minimum Gasteiger partial charge on any atom is -0.487 e. The number of carboxylic acid groups (broad SMARTS) is 1. The highest BCUT2D eigenvalue weighted by Gasteiger charge is 2.27. The quantitative estimate of drug-likeness (QED) is 0.411. The van der Waals surface area contributed by atoms with Gasteiger partial charge in [0.25, 0.3) is 0 Å². The molecule has 1 N–H and O–H groups in total. The monoisotopic (exact) mass is 517 g/mol. The number of benzene rings is 2. The van der Waals surface area contributed by atoms with Crippen LogP contribution in [0.2, 0.25) is 5.02 Å². The number of nitrogens with zero attached hydrogens (tertiary/aromatic N) is 3. The smallest absolute Gasteiger partial charge is 0.335 e. The summed E-state index contributed by atoms with van der Waals surface area (Å²) < 4.78 is 6.01. The standard InChI is InChI=1S/C30H32ClN3O3/c1-2-34(18-21-7-10-23(31)11-8-21)24-13-16-33(19-24)15-4-6-25-26-5-3-14-32-28(26)20-37-29-12-9-22(30(35)36)17-27(25)29/h3,5-12,14,17,24H,2,4,13,15-16,18-20H2,1H3,(H,35,36)/t24-/m1/s1. The Morgan fingerprint density at radius 2 is 2.05 bits per heavy atom. The summed E-state index contributed by atoms with van der Waals surface area (Å²) in [5, 5.41) is 10.3. The second-order valence-corrected chi connectivity index (χ2v) is 10.1. The zero-order chi connectivity index (χ0) is 25.8. The molecule has 1 saturated heterocycles. The van der Waals surface area contributed by atoms with Crippen LogP contribution in [0.1, 0.15) is 52.5 Å². The molecular weight excluding hydrogens is 486 g/mol. The molecule has 192 valence electrons. The number of likely N-dealkylation sites (N-methyl/N-ethyl adjacent to an activating group) is 1. The van der Waals surface area contributed by atoms with Crippen molar-refractivity contribution in [3.63, 3.8) is 0 Å². The number of carboxylic acids is 1. The summed E-state index contributed by atoms with van der Waals surface area (Å²) in [5.41, 5.74) is 5.21. The second-order valence-electron chi connectivity index (χ2n) is 9.64. The largest absolute Gasteiger partial charge is 0.487 e. The van der Waals surface area contributed by atoms with Gasteiger partial charge in [-0.1, -0.05) is 42.8 Å². The van der Waals surface area contributed by atoms with E-state index >= 15 is 0 Å². The SMILES string of the molecule is CCN(Cc1ccc(Cl)cc1)[C@@H]1CCN(CCC=C2c3cc(C(=O)O)ccc3OCc3ncccc32)C1. The number of ether oxygens (including phenoxy) is 1. The van der Waals surface area contributed by atoms with E-state index < -0.39 is 5.97 Å². The number of pyridine rings is 1. The van der Waals surface area contributed by atoms with Gasteiger partial charge in [0, 0.05) is 48.0 Å². The third kappa shape index (κ3) is 5.87. The van der Waals surface area contributed by atoms with Crippen LogP contribution in [0.5, 0.6) is 5.75 Å². The maximum Gasteiger partial charge on any atom is 0.335 e. The molecule has 6 nitrogen and oxygen atoms in total. The molecule has 0 spiro atoms. The van der Waals surface area contributed by atoms with Crippen molar-refractivity contribution in [3.8, 4) is 5.75 Å². The van der Waals surface area contributed by atoms with Crippen LogP contribution in [-0.4, -0.2) is 58.1 Å². The first-order chi connectivity index (χ1) is 18.0. The fourth-order valence-electron chi connectivity index (χ4n) is 5.34. The summed E-state index contributed by atoms with van der Waals surface area (Å²) in [6, 6.07) is 17.7. The molecule has 0 bridgehead atoms. The lowest BCUT2D eigenvalue weighted by atomic mass is 9.94. The number of likely N-dealkylation sites (tertiary alicyclic amines) is 1. The first-order valence-corrected chi connectivity index (χ1v) is 13.3. The number of hydrogen-bond acceptors (Lipinski definition) is 5. The summed E-state index contributed by atoms with van der Waals surface area (Å²) in [5.74, 6) is -0.253. The highest BCUT2D eigenvalue weighted by Crippen LogP contribution is 2.37. The Kier molecular flexibility index (Phi) is 7.89. The van der Waals surface area contributed by atoms with Crippen LogP contribution < -0.4 is 4.74 Å². The minimum atomic E-state index is -0.944. The molecule has 3 aromatic rings. The highest BCUT2D eigenvalue weighted by atomic mass is 35.5. The Morgan fingerprint density at radius 1 is 1.22 bits per heavy atom. The third-order valence-corrected chi connectivity index (χ3v) is 7.58. The lowest BCUT2D eigenvalue weighted by Gasteiger charge is -2.28. The lowest BCUT2D eigenvalue weighted by molar-refractivity contribution is 0.0697. The number of halogens is 1. The maximum atomic E-state index is 11.7. The Labute approximate surface area is 223 Å². The molecule has 2 aromatic carbocycles. The van der Waals surface area contributed by atoms with Crippen molar-refractivity contribution in [3.05, 3.63) is 99.8 Å². The van der Waals surface area contributed by atoms with E-state index in [1.165, 1.54) is 5.56 Å². The number of aromatic nitrogens is 1. The van der Waals surface area contributed by atoms with Gasteiger partial charge in [0.2, 0.25) is 0 Å². The minimum absolute atomic E-state index is 0.253. The molecule has 2 aliphatic rings. The van der Waals surface area contributed by atoms with E-state index in [1.54, 1.807) is 24.4 Å². The van der Waals surface area contributed by atoms with Crippen LogP contribution >= 0.6 is 11.6 Å². The van der Waals surface area contributed by atoms with Gasteiger partial charge in [-0.2, -0.15) is 0 Å². The molecule has 7 heteroatoms. The molecule has 1 fully saturated rings. The average molecular weight is 518 g/mol. The molecule has 0 radical (unpaired) electrons. The highest BCUT2D eigenvalue weighted by molar-refractivity contribution is 6.30. The normalized spacial score (nSPS) is 18.4. The zero-order valence-corrected chi connectivity index (χ0v) is 21.8. The number of aromatic carboxylic acids is 1. The fourth-order valence-corrected chi connectivity index (χ4v) is 5.46. The van der Waals surface area contributed by atoms with E-state index in [9.17, 15) is 9.90 Å². The number of hydrogen-bond donors (Lipinski definition) is 1. The Bertz CT molecular complexity index is 1290. The van der Waals surface area contributed by atoms with Gasteiger partial charge in [-0.15, -0.1) is 0 Å². The van der Waals surface area contributed by atoms with Gasteiger partial charge in [0.15, 0.2) is 0 Å². The van der Waals surface area contributed by atoms with E-state index in [2.05, 4.69) is 39.9 Å². The van der Waals surface area contributed by atoms with Crippen molar-refractivity contribution in [1.29, 1.82) is 0 Å². The van der Waals surface area contributed by atoms with Crippen molar-refractivity contribution in [2.75, 3.05) is 26.2 Å². The molecule has 1 aromatic heterocycles. The molecule has 0 saturated carbocycles. The fraction of sp³-hybridized carbons (Fsp3) is 0.333. The van der Waals surface area contributed by atoms with Gasteiger partial charge in [-0.3, -0.25) is 9.88 Å². The zero-order valence-electron chi connectivity index (χ0n) is 21.1. The predicted octanol–water partition coefficient (Wildman–Crippen LogP) is 5.74. The van der Waals surface area contributed by atoms with Crippen LogP contribution in [0.3, 0.4) is 0 Å². The third-order valence-electron chi connectivity index (χ3n) is 7.32. The molecule has 0 amide bonds. The summed E-state index contributed by atoms with van der Waals surface area (Å²) in [6.07, 6.45) is 6.00. The summed E-state index contributed by atoms with van der Waals surface area (Å²) in [4.78, 5) is 21.3. The summed E-state index contributed by atoms with van der Waals surface area (Å²) in [6.45, 7) is 7.60. The molecule has 1 atom stereocenters. The molecular formula is C30H32ClN3O3. The first-order valence-electron chi connectivity index (χ1n) is 12.9. The molecule has 3 heterocycles. The predicted molar refractivity (Wildman–Crippen MR) is 146 cm³/mol. The first kappa shape index (κ1) is 25.5. The number of rotatable bonds is 8. The molecule has 5 rings (SSSR count). The Hall–Kier alpha value is -3.19.